The van der Waals surface area contributed by atoms with E-state index in [0.717, 1.165) is 0 Å². The van der Waals surface area contributed by atoms with Gasteiger partial charge >= 0.3 is 11.9 Å². The molecule has 1 amide bonds. The highest BCUT2D eigenvalue weighted by molar-refractivity contribution is 5.88. The van der Waals surface area contributed by atoms with E-state index in [1.165, 1.54) is 12.0 Å². The van der Waals surface area contributed by atoms with Gasteiger partial charge in [0.2, 0.25) is 5.91 Å². The van der Waals surface area contributed by atoms with E-state index < -0.39 is 35.6 Å². The van der Waals surface area contributed by atoms with Gasteiger partial charge in [0.25, 0.3) is 0 Å². The van der Waals surface area contributed by atoms with Gasteiger partial charge in [-0.15, -0.1) is 0 Å². The van der Waals surface area contributed by atoms with Crippen molar-refractivity contribution in [1.82, 2.24) is 4.90 Å². The number of methoxy groups -OCH3 is 1. The van der Waals surface area contributed by atoms with Crippen LogP contribution in [0, 0.1) is 5.92 Å². The Kier molecular flexibility index (Phi) is 4.48. The van der Waals surface area contributed by atoms with Crippen molar-refractivity contribution in [3.05, 3.63) is 0 Å². The number of esters is 1. The topological polar surface area (TPSA) is 102 Å². The summed E-state index contributed by atoms with van der Waals surface area (Å²) in [5.74, 6) is -3.71. The first-order chi connectivity index (χ1) is 9.88. The molecule has 0 aromatic carbocycles. The molecule has 21 heavy (non-hydrogen) atoms. The van der Waals surface area contributed by atoms with Crippen LogP contribution in [0.3, 0.4) is 0 Å². The summed E-state index contributed by atoms with van der Waals surface area (Å²) in [4.78, 5) is 36.2. The van der Waals surface area contributed by atoms with Gasteiger partial charge in [0.15, 0.2) is 5.79 Å². The molecule has 0 unspecified atom stereocenters. The minimum Gasteiger partial charge on any atom is -0.480 e. The molecule has 2 aliphatic rings. The fourth-order valence-corrected chi connectivity index (χ4v) is 2.70. The number of aliphatic carboxylic acids is 1. The van der Waals surface area contributed by atoms with Crippen LogP contribution >= 0.6 is 0 Å². The number of likely N-dealkylation sites (tertiary alicyclic amines) is 1. The molecule has 0 aromatic rings. The summed E-state index contributed by atoms with van der Waals surface area (Å²) >= 11 is 0. The third-order valence-corrected chi connectivity index (χ3v) is 3.80. The zero-order chi connectivity index (χ0) is 15.6. The maximum Gasteiger partial charge on any atom is 0.326 e. The molecular weight excluding hydrogens is 282 g/mol. The standard InChI is InChI=1S/C13H19NO7/c1-8(5-10(15)19-2)11(16)14-7-13(20-3-4-21-13)6-9(14)12(17)18/h8-9H,3-7H2,1-2H3,(H,17,18)/t8-,9+/m1/s1. The Morgan fingerprint density at radius 1 is 1.38 bits per heavy atom. The predicted molar refractivity (Wildman–Crippen MR) is 68.2 cm³/mol. The smallest absolute Gasteiger partial charge is 0.326 e. The third-order valence-electron chi connectivity index (χ3n) is 3.80. The number of amides is 1. The minimum absolute atomic E-state index is 0.0638. The maximum absolute atomic E-state index is 12.4. The molecule has 2 fully saturated rings. The molecule has 0 saturated carbocycles. The Hall–Kier alpha value is -1.67. The van der Waals surface area contributed by atoms with Gasteiger partial charge in [-0.05, 0) is 0 Å². The van der Waals surface area contributed by atoms with Crippen LogP contribution in [0.15, 0.2) is 0 Å². The van der Waals surface area contributed by atoms with Crippen LogP contribution < -0.4 is 0 Å². The summed E-state index contributed by atoms with van der Waals surface area (Å²) in [5, 5.41) is 9.29. The van der Waals surface area contributed by atoms with Gasteiger partial charge in [-0.1, -0.05) is 6.92 Å². The van der Waals surface area contributed by atoms with E-state index in [0.29, 0.717) is 13.2 Å². The number of ether oxygens (including phenoxy) is 3. The van der Waals surface area contributed by atoms with Crippen LogP contribution in [0.25, 0.3) is 0 Å². The second-order valence-electron chi connectivity index (χ2n) is 5.31. The van der Waals surface area contributed by atoms with E-state index in [2.05, 4.69) is 4.74 Å². The molecule has 2 rings (SSSR count). The van der Waals surface area contributed by atoms with Gasteiger partial charge < -0.3 is 24.2 Å². The summed E-state index contributed by atoms with van der Waals surface area (Å²) in [7, 11) is 1.24. The molecule has 118 valence electrons. The van der Waals surface area contributed by atoms with Gasteiger partial charge in [0.1, 0.15) is 6.04 Å². The van der Waals surface area contributed by atoms with E-state index in [1.54, 1.807) is 6.92 Å². The Labute approximate surface area is 121 Å². The molecule has 0 aromatic heterocycles. The number of carboxylic acids is 1. The van der Waals surface area contributed by atoms with Crippen molar-refractivity contribution in [2.24, 2.45) is 5.92 Å². The Balaban J connectivity index is 2.10. The molecule has 8 heteroatoms. The van der Waals surface area contributed by atoms with Crippen molar-refractivity contribution in [2.75, 3.05) is 26.9 Å². The van der Waals surface area contributed by atoms with Crippen LogP contribution in [0.1, 0.15) is 19.8 Å². The van der Waals surface area contributed by atoms with Crippen molar-refractivity contribution >= 4 is 17.8 Å². The van der Waals surface area contributed by atoms with Crippen LogP contribution in [0.4, 0.5) is 0 Å². The molecule has 2 atom stereocenters. The number of hydrogen-bond donors (Lipinski definition) is 1. The highest BCUT2D eigenvalue weighted by atomic mass is 16.7. The fraction of sp³-hybridized carbons (Fsp3) is 0.769. The molecule has 0 radical (unpaired) electrons. The first-order valence-electron chi connectivity index (χ1n) is 6.76. The summed E-state index contributed by atoms with van der Waals surface area (Å²) in [6.07, 6.45) is 0.00586. The van der Waals surface area contributed by atoms with E-state index in [-0.39, 0.29) is 19.4 Å². The summed E-state index contributed by atoms with van der Waals surface area (Å²) in [6, 6.07) is -1.00. The zero-order valence-corrected chi connectivity index (χ0v) is 12.0. The quantitative estimate of drug-likeness (QED) is 0.706. The normalized spacial score (nSPS) is 25.0. The first-order valence-corrected chi connectivity index (χ1v) is 6.76. The third kappa shape index (κ3) is 3.16. The first kappa shape index (κ1) is 15.7. The monoisotopic (exact) mass is 301 g/mol. The lowest BCUT2D eigenvalue weighted by molar-refractivity contribution is -0.155. The van der Waals surface area contributed by atoms with Crippen LogP contribution in [-0.2, 0) is 28.6 Å². The highest BCUT2D eigenvalue weighted by Crippen LogP contribution is 2.35. The largest absolute Gasteiger partial charge is 0.480 e. The Morgan fingerprint density at radius 3 is 2.52 bits per heavy atom. The Bertz CT molecular complexity index is 444. The van der Waals surface area contributed by atoms with E-state index >= 15 is 0 Å². The van der Waals surface area contributed by atoms with E-state index in [9.17, 15) is 19.5 Å². The summed E-state index contributed by atoms with van der Waals surface area (Å²) < 4.78 is 15.5. The second-order valence-corrected chi connectivity index (χ2v) is 5.31. The number of hydrogen-bond acceptors (Lipinski definition) is 6. The van der Waals surface area contributed by atoms with E-state index in [1.807, 2.05) is 0 Å². The molecule has 1 spiro atoms. The van der Waals surface area contributed by atoms with Crippen molar-refractivity contribution in [3.8, 4) is 0 Å². The minimum atomic E-state index is -1.11. The average Bonchev–Trinajstić information content (AvgIpc) is 3.05. The summed E-state index contributed by atoms with van der Waals surface area (Å²) in [6.45, 7) is 2.39. The number of carbonyl (C=O) groups excluding carboxylic acids is 2. The van der Waals surface area contributed by atoms with Crippen molar-refractivity contribution in [1.29, 1.82) is 0 Å². The molecule has 1 N–H and O–H groups in total. The van der Waals surface area contributed by atoms with Crippen molar-refractivity contribution < 1.29 is 33.7 Å². The van der Waals surface area contributed by atoms with Crippen LogP contribution in [0.5, 0.6) is 0 Å². The molecular formula is C13H19NO7. The zero-order valence-electron chi connectivity index (χ0n) is 12.0. The SMILES string of the molecule is COC(=O)C[C@@H](C)C(=O)N1CC2(C[C@H]1C(=O)O)OCCO2. The molecule has 2 heterocycles. The number of carboxylic acid groups (broad SMARTS) is 1. The average molecular weight is 301 g/mol. The number of rotatable bonds is 4. The number of nitrogens with zero attached hydrogens (tertiary/aromatic N) is 1. The Morgan fingerprint density at radius 2 is 2.00 bits per heavy atom. The fourth-order valence-electron chi connectivity index (χ4n) is 2.70. The van der Waals surface area contributed by atoms with Crippen molar-refractivity contribution in [3.63, 3.8) is 0 Å². The molecule has 2 aliphatic heterocycles. The molecule has 2 saturated heterocycles. The van der Waals surface area contributed by atoms with Crippen molar-refractivity contribution in [2.45, 2.75) is 31.6 Å². The highest BCUT2D eigenvalue weighted by Gasteiger charge is 2.53. The van der Waals surface area contributed by atoms with Crippen LogP contribution in [-0.4, -0.2) is 66.5 Å². The predicted octanol–water partition coefficient (Wildman–Crippen LogP) is -0.386. The number of carbonyl (C=O) groups is 3. The maximum atomic E-state index is 12.4. The van der Waals surface area contributed by atoms with Gasteiger partial charge in [0, 0.05) is 12.3 Å². The lowest BCUT2D eigenvalue weighted by atomic mass is 10.1. The lowest BCUT2D eigenvalue weighted by Crippen LogP contribution is -2.44. The summed E-state index contributed by atoms with van der Waals surface area (Å²) in [5.41, 5.74) is 0. The molecule has 0 aliphatic carbocycles. The molecule has 8 nitrogen and oxygen atoms in total. The van der Waals surface area contributed by atoms with Gasteiger partial charge in [0.05, 0.1) is 33.3 Å². The lowest BCUT2D eigenvalue weighted by Gasteiger charge is -2.25. The molecule has 0 bridgehead atoms. The van der Waals surface area contributed by atoms with Gasteiger partial charge in [-0.25, -0.2) is 4.79 Å². The van der Waals surface area contributed by atoms with Crippen LogP contribution in [0.2, 0.25) is 0 Å². The second kappa shape index (κ2) is 5.98. The van der Waals surface area contributed by atoms with Gasteiger partial charge in [-0.3, -0.25) is 9.59 Å². The van der Waals surface area contributed by atoms with E-state index in [4.69, 9.17) is 9.47 Å². The van der Waals surface area contributed by atoms with Gasteiger partial charge in [-0.2, -0.15) is 0 Å².